The first-order valence-corrected chi connectivity index (χ1v) is 7.17. The minimum Gasteiger partial charge on any atom is -0.466 e. The Morgan fingerprint density at radius 1 is 1.37 bits per heavy atom. The molecule has 104 valence electrons. The van der Waals surface area contributed by atoms with E-state index in [-0.39, 0.29) is 18.1 Å². The molecule has 0 aliphatic heterocycles. The Hall–Kier alpha value is -1.35. The van der Waals surface area contributed by atoms with Gasteiger partial charge < -0.3 is 10.1 Å². The summed E-state index contributed by atoms with van der Waals surface area (Å²) in [6, 6.07) is 10.9. The summed E-state index contributed by atoms with van der Waals surface area (Å²) >= 11 is 0. The molecule has 0 heterocycles. The first kappa shape index (κ1) is 14.1. The number of benzene rings is 1. The molecule has 0 bridgehead atoms. The number of ether oxygens (including phenoxy) is 1. The fourth-order valence-electron chi connectivity index (χ4n) is 2.42. The van der Waals surface area contributed by atoms with Gasteiger partial charge in [0, 0.05) is 12.1 Å². The van der Waals surface area contributed by atoms with Gasteiger partial charge in [0.1, 0.15) is 0 Å². The van der Waals surface area contributed by atoms with Crippen LogP contribution in [-0.4, -0.2) is 18.6 Å². The molecule has 2 atom stereocenters. The Labute approximate surface area is 115 Å². The van der Waals surface area contributed by atoms with Crippen LogP contribution in [0.4, 0.5) is 0 Å². The molecule has 3 nitrogen and oxygen atoms in total. The van der Waals surface area contributed by atoms with Gasteiger partial charge in [-0.15, -0.1) is 0 Å². The van der Waals surface area contributed by atoms with Crippen LogP contribution in [0.25, 0.3) is 0 Å². The van der Waals surface area contributed by atoms with Gasteiger partial charge in [0.15, 0.2) is 0 Å². The van der Waals surface area contributed by atoms with Gasteiger partial charge in [0.05, 0.1) is 13.0 Å². The van der Waals surface area contributed by atoms with Crippen molar-refractivity contribution in [1.82, 2.24) is 5.32 Å². The molecule has 1 N–H and O–H groups in total. The van der Waals surface area contributed by atoms with Gasteiger partial charge in [-0.25, -0.2) is 0 Å². The number of rotatable bonds is 7. The average Bonchev–Trinajstić information content (AvgIpc) is 3.23. The molecule has 1 aliphatic carbocycles. The molecule has 1 fully saturated rings. The van der Waals surface area contributed by atoms with Gasteiger partial charge in [0.25, 0.3) is 0 Å². The molecule has 1 saturated carbocycles. The standard InChI is InChI=1S/C16H23NO2/c1-3-19-16(18)11-15(14-9-10-14)17-12(2)13-7-5-4-6-8-13/h4-8,12,14-15,17H,3,9-11H2,1-2H3. The van der Waals surface area contributed by atoms with Crippen molar-refractivity contribution in [2.75, 3.05) is 6.61 Å². The number of hydrogen-bond acceptors (Lipinski definition) is 3. The third-order valence-corrected chi connectivity index (χ3v) is 3.65. The van der Waals surface area contributed by atoms with E-state index in [1.807, 2.05) is 25.1 Å². The number of esters is 1. The second-order valence-corrected chi connectivity index (χ2v) is 5.25. The van der Waals surface area contributed by atoms with Gasteiger partial charge in [-0.3, -0.25) is 4.79 Å². The third-order valence-electron chi connectivity index (χ3n) is 3.65. The van der Waals surface area contributed by atoms with Crippen LogP contribution >= 0.6 is 0 Å². The summed E-state index contributed by atoms with van der Waals surface area (Å²) in [5, 5.41) is 3.58. The number of carbonyl (C=O) groups is 1. The first-order valence-electron chi connectivity index (χ1n) is 7.17. The average molecular weight is 261 g/mol. The minimum absolute atomic E-state index is 0.0906. The molecule has 3 heteroatoms. The number of carbonyl (C=O) groups excluding carboxylic acids is 1. The van der Waals surface area contributed by atoms with Crippen LogP contribution in [0.3, 0.4) is 0 Å². The van der Waals surface area contributed by atoms with Crippen molar-refractivity contribution in [2.45, 2.75) is 45.2 Å². The lowest BCUT2D eigenvalue weighted by atomic mass is 10.0. The van der Waals surface area contributed by atoms with Crippen LogP contribution < -0.4 is 5.32 Å². The molecule has 2 unspecified atom stereocenters. The molecular weight excluding hydrogens is 238 g/mol. The summed E-state index contributed by atoms with van der Waals surface area (Å²) in [7, 11) is 0. The highest BCUT2D eigenvalue weighted by molar-refractivity contribution is 5.70. The van der Waals surface area contributed by atoms with E-state index in [0.29, 0.717) is 18.9 Å². The highest BCUT2D eigenvalue weighted by atomic mass is 16.5. The molecule has 2 rings (SSSR count). The van der Waals surface area contributed by atoms with Crippen LogP contribution in [0.15, 0.2) is 30.3 Å². The van der Waals surface area contributed by atoms with Gasteiger partial charge in [-0.05, 0) is 38.2 Å². The fourth-order valence-corrected chi connectivity index (χ4v) is 2.42. The summed E-state index contributed by atoms with van der Waals surface area (Å²) in [5.41, 5.74) is 1.26. The second-order valence-electron chi connectivity index (χ2n) is 5.25. The van der Waals surface area contributed by atoms with E-state index in [4.69, 9.17) is 4.74 Å². The maximum absolute atomic E-state index is 11.6. The summed E-state index contributed by atoms with van der Waals surface area (Å²) in [4.78, 5) is 11.6. The smallest absolute Gasteiger partial charge is 0.307 e. The van der Waals surface area contributed by atoms with Crippen LogP contribution in [0.5, 0.6) is 0 Å². The van der Waals surface area contributed by atoms with E-state index >= 15 is 0 Å². The summed E-state index contributed by atoms with van der Waals surface area (Å²) in [6.07, 6.45) is 2.92. The number of hydrogen-bond donors (Lipinski definition) is 1. The predicted octanol–water partition coefficient (Wildman–Crippen LogP) is 3.07. The van der Waals surface area contributed by atoms with Crippen molar-refractivity contribution in [1.29, 1.82) is 0 Å². The maximum Gasteiger partial charge on any atom is 0.307 e. The zero-order valence-electron chi connectivity index (χ0n) is 11.8. The summed E-state index contributed by atoms with van der Waals surface area (Å²) in [5.74, 6) is 0.544. The monoisotopic (exact) mass is 261 g/mol. The molecule has 0 aromatic heterocycles. The third kappa shape index (κ3) is 4.35. The van der Waals surface area contributed by atoms with Crippen molar-refractivity contribution in [3.05, 3.63) is 35.9 Å². The molecular formula is C16H23NO2. The van der Waals surface area contributed by atoms with Crippen molar-refractivity contribution in [3.63, 3.8) is 0 Å². The molecule has 1 aromatic rings. The molecule has 0 amide bonds. The largest absolute Gasteiger partial charge is 0.466 e. The summed E-state index contributed by atoms with van der Waals surface area (Å²) in [6.45, 7) is 4.46. The molecule has 0 radical (unpaired) electrons. The predicted molar refractivity (Wildman–Crippen MR) is 75.8 cm³/mol. The molecule has 1 aromatic carbocycles. The SMILES string of the molecule is CCOC(=O)CC(NC(C)c1ccccc1)C1CC1. The molecule has 1 aliphatic rings. The van der Waals surface area contributed by atoms with Crippen LogP contribution in [0.2, 0.25) is 0 Å². The van der Waals surface area contributed by atoms with Crippen LogP contribution in [0, 0.1) is 5.92 Å². The lowest BCUT2D eigenvalue weighted by Gasteiger charge is -2.23. The van der Waals surface area contributed by atoms with E-state index in [1.165, 1.54) is 18.4 Å². The zero-order chi connectivity index (χ0) is 13.7. The van der Waals surface area contributed by atoms with Crippen molar-refractivity contribution in [3.8, 4) is 0 Å². The van der Waals surface area contributed by atoms with Crippen LogP contribution in [0.1, 0.15) is 44.7 Å². The highest BCUT2D eigenvalue weighted by Crippen LogP contribution is 2.35. The van der Waals surface area contributed by atoms with E-state index < -0.39 is 0 Å². The fraction of sp³-hybridized carbons (Fsp3) is 0.562. The molecule has 0 saturated heterocycles. The highest BCUT2D eigenvalue weighted by Gasteiger charge is 2.33. The van der Waals surface area contributed by atoms with E-state index in [9.17, 15) is 4.79 Å². The topological polar surface area (TPSA) is 38.3 Å². The Kier molecular flexibility index (Phi) is 4.97. The molecule has 0 spiro atoms. The van der Waals surface area contributed by atoms with Gasteiger partial charge in [-0.1, -0.05) is 30.3 Å². The van der Waals surface area contributed by atoms with Crippen molar-refractivity contribution in [2.24, 2.45) is 5.92 Å². The van der Waals surface area contributed by atoms with E-state index in [2.05, 4.69) is 24.4 Å². The van der Waals surface area contributed by atoms with Gasteiger partial charge in [-0.2, -0.15) is 0 Å². The molecule has 19 heavy (non-hydrogen) atoms. The number of nitrogens with one attached hydrogen (secondary N) is 1. The Morgan fingerprint density at radius 2 is 2.05 bits per heavy atom. The second kappa shape index (κ2) is 6.71. The van der Waals surface area contributed by atoms with Gasteiger partial charge >= 0.3 is 5.97 Å². The van der Waals surface area contributed by atoms with Crippen molar-refractivity contribution >= 4 is 5.97 Å². The Bertz CT molecular complexity index is 400. The quantitative estimate of drug-likeness (QED) is 0.767. The zero-order valence-corrected chi connectivity index (χ0v) is 11.8. The minimum atomic E-state index is -0.0906. The Morgan fingerprint density at radius 3 is 2.63 bits per heavy atom. The van der Waals surface area contributed by atoms with Crippen molar-refractivity contribution < 1.29 is 9.53 Å². The first-order chi connectivity index (χ1) is 9.20. The summed E-state index contributed by atoms with van der Waals surface area (Å²) < 4.78 is 5.06. The normalized spacial score (nSPS) is 17.8. The maximum atomic E-state index is 11.6. The van der Waals surface area contributed by atoms with E-state index in [1.54, 1.807) is 0 Å². The van der Waals surface area contributed by atoms with Crippen LogP contribution in [-0.2, 0) is 9.53 Å². The Balaban J connectivity index is 1.91. The lowest BCUT2D eigenvalue weighted by molar-refractivity contribution is -0.143. The lowest BCUT2D eigenvalue weighted by Crippen LogP contribution is -2.35. The van der Waals surface area contributed by atoms with E-state index in [0.717, 1.165) is 0 Å². The van der Waals surface area contributed by atoms with Gasteiger partial charge in [0.2, 0.25) is 0 Å².